The first kappa shape index (κ1) is 9.59. The molecule has 0 bridgehead atoms. The molecule has 1 aromatic heterocycles. The van der Waals surface area contributed by atoms with Gasteiger partial charge in [0.15, 0.2) is 0 Å². The molecule has 0 radical (unpaired) electrons. The number of thioether (sulfide) groups is 1. The smallest absolute Gasteiger partial charge is 0.420 e. The van der Waals surface area contributed by atoms with E-state index in [1.54, 1.807) is 11.8 Å². The largest absolute Gasteiger partial charge is 3.00 e. The van der Waals surface area contributed by atoms with Crippen LogP contribution in [0.3, 0.4) is 0 Å². The molecule has 0 aliphatic carbocycles. The Morgan fingerprint density at radius 2 is 2.56 bits per heavy atom. The normalized spacial score (nSPS) is 8.56. The van der Waals surface area contributed by atoms with E-state index >= 15 is 0 Å². The zero-order chi connectivity index (χ0) is 5.82. The average Bonchev–Trinajstić information content (AvgIpc) is 2.19. The van der Waals surface area contributed by atoms with Crippen LogP contribution >= 0.6 is 11.8 Å². The van der Waals surface area contributed by atoms with Gasteiger partial charge in [-0.15, -0.1) is 11.8 Å². The van der Waals surface area contributed by atoms with E-state index in [0.717, 1.165) is 10.9 Å². The van der Waals surface area contributed by atoms with Crippen molar-refractivity contribution in [1.29, 1.82) is 0 Å². The Bertz CT molecular complexity index is 142. The van der Waals surface area contributed by atoms with E-state index in [2.05, 4.69) is 22.1 Å². The summed E-state index contributed by atoms with van der Waals surface area (Å²) in [6.45, 7) is 2.06. The van der Waals surface area contributed by atoms with E-state index in [1.807, 2.05) is 0 Å². The third-order valence-corrected chi connectivity index (χ3v) is 1.37. The molecule has 0 N–H and O–H groups in total. The van der Waals surface area contributed by atoms with Crippen molar-refractivity contribution in [3.05, 3.63) is 6.33 Å². The summed E-state index contributed by atoms with van der Waals surface area (Å²) in [5.74, 6) is 1.01. The maximum atomic E-state index is 3.85. The second-order valence-corrected chi connectivity index (χ2v) is 2.41. The Morgan fingerprint density at radius 3 is 3.00 bits per heavy atom. The molecular weight excluding hydrogens is 211 g/mol. The standard InChI is InChI=1S/C4H6N3S.Y/c1-2-8-4-5-3-6-7-4;/h3H,2H2,1H3;/q-1;+3. The monoisotopic (exact) mass is 217 g/mol. The molecule has 0 saturated carbocycles. The van der Waals surface area contributed by atoms with Crippen LogP contribution < -0.4 is 5.10 Å². The second kappa shape index (κ2) is 5.38. The van der Waals surface area contributed by atoms with Crippen LogP contribution in [0.25, 0.3) is 0 Å². The topological polar surface area (TPSA) is 39.9 Å². The molecule has 0 unspecified atom stereocenters. The second-order valence-electron chi connectivity index (χ2n) is 1.18. The maximum Gasteiger partial charge on any atom is 3.00 e. The predicted octanol–water partition coefficient (Wildman–Crippen LogP) is 0.543. The van der Waals surface area contributed by atoms with Gasteiger partial charge in [0, 0.05) is 0 Å². The van der Waals surface area contributed by atoms with Gasteiger partial charge in [0.2, 0.25) is 0 Å². The fourth-order valence-electron chi connectivity index (χ4n) is 0.371. The first-order chi connectivity index (χ1) is 3.93. The van der Waals surface area contributed by atoms with E-state index in [4.69, 9.17) is 0 Å². The molecule has 9 heavy (non-hydrogen) atoms. The molecule has 0 fully saturated rings. The van der Waals surface area contributed by atoms with E-state index in [9.17, 15) is 0 Å². The van der Waals surface area contributed by atoms with E-state index in [0.29, 0.717) is 0 Å². The molecule has 0 atom stereocenters. The summed E-state index contributed by atoms with van der Waals surface area (Å²) in [6, 6.07) is 0. The SMILES string of the molecule is CCSc1nc[n-]n1.[Y+3]. The summed E-state index contributed by atoms with van der Waals surface area (Å²) >= 11 is 1.60. The number of aromatic nitrogens is 3. The van der Waals surface area contributed by atoms with Crippen molar-refractivity contribution in [2.24, 2.45) is 0 Å². The summed E-state index contributed by atoms with van der Waals surface area (Å²) in [4.78, 5) is 3.85. The predicted molar refractivity (Wildman–Crippen MR) is 31.7 cm³/mol. The van der Waals surface area contributed by atoms with Gasteiger partial charge in [-0.1, -0.05) is 13.3 Å². The van der Waals surface area contributed by atoms with Gasteiger partial charge in [-0.3, -0.25) is 5.10 Å². The van der Waals surface area contributed by atoms with Gasteiger partial charge in [-0.05, 0) is 5.75 Å². The Balaban J connectivity index is 0.000000640. The Labute approximate surface area is 83.3 Å². The van der Waals surface area contributed by atoms with Crippen LogP contribution in [0.1, 0.15) is 6.92 Å². The summed E-state index contributed by atoms with van der Waals surface area (Å²) < 4.78 is 0. The zero-order valence-electron chi connectivity index (χ0n) is 5.11. The first-order valence-electron chi connectivity index (χ1n) is 2.36. The number of hydrogen-bond donors (Lipinski definition) is 0. The summed E-state index contributed by atoms with van der Waals surface area (Å²) in [6.07, 6.45) is 1.46. The quantitative estimate of drug-likeness (QED) is 0.678. The van der Waals surface area contributed by atoms with Crippen molar-refractivity contribution in [2.75, 3.05) is 5.75 Å². The molecular formula is C4H6N3SY+2. The minimum atomic E-state index is 0. The molecule has 1 aromatic rings. The Hall–Kier alpha value is 0.594. The van der Waals surface area contributed by atoms with E-state index in [-0.39, 0.29) is 32.7 Å². The van der Waals surface area contributed by atoms with E-state index < -0.39 is 0 Å². The molecule has 1 rings (SSSR count). The van der Waals surface area contributed by atoms with Crippen LogP contribution in [-0.4, -0.2) is 15.8 Å². The molecule has 0 amide bonds. The van der Waals surface area contributed by atoms with Crippen molar-refractivity contribution < 1.29 is 32.7 Å². The van der Waals surface area contributed by atoms with Gasteiger partial charge >= 0.3 is 32.7 Å². The van der Waals surface area contributed by atoms with Gasteiger partial charge in [-0.2, -0.15) is 0 Å². The third-order valence-electron chi connectivity index (χ3n) is 0.637. The van der Waals surface area contributed by atoms with Crippen molar-refractivity contribution in [1.82, 2.24) is 15.2 Å². The minimum Gasteiger partial charge on any atom is -0.420 e. The Kier molecular flexibility index (Phi) is 5.74. The van der Waals surface area contributed by atoms with Crippen LogP contribution in [0.5, 0.6) is 0 Å². The summed E-state index contributed by atoms with van der Waals surface area (Å²) in [5.41, 5.74) is 0. The Morgan fingerprint density at radius 1 is 1.78 bits per heavy atom. The van der Waals surface area contributed by atoms with Crippen molar-refractivity contribution in [2.45, 2.75) is 12.1 Å². The molecule has 0 saturated heterocycles. The van der Waals surface area contributed by atoms with Crippen molar-refractivity contribution in [3.63, 3.8) is 0 Å². The average molecular weight is 217 g/mol. The molecule has 3 nitrogen and oxygen atoms in total. The van der Waals surface area contributed by atoms with Crippen LogP contribution in [0, 0.1) is 0 Å². The summed E-state index contributed by atoms with van der Waals surface area (Å²) in [7, 11) is 0. The van der Waals surface area contributed by atoms with Gasteiger partial charge in [0.05, 0.1) is 5.16 Å². The molecule has 5 heteroatoms. The maximum absolute atomic E-state index is 3.85. The minimum absolute atomic E-state index is 0. The van der Waals surface area contributed by atoms with Crippen LogP contribution in [0.2, 0.25) is 0 Å². The first-order valence-corrected chi connectivity index (χ1v) is 3.35. The van der Waals surface area contributed by atoms with Gasteiger partial charge in [0.25, 0.3) is 0 Å². The van der Waals surface area contributed by atoms with Gasteiger partial charge < -0.3 is 10.1 Å². The molecule has 0 aromatic carbocycles. The van der Waals surface area contributed by atoms with Crippen LogP contribution in [0.15, 0.2) is 11.5 Å². The molecule has 1 heterocycles. The number of hydrogen-bond acceptors (Lipinski definition) is 3. The number of rotatable bonds is 2. The fraction of sp³-hybridized carbons (Fsp3) is 0.500. The third kappa shape index (κ3) is 3.33. The molecule has 0 aliphatic rings. The zero-order valence-corrected chi connectivity index (χ0v) is 8.77. The fourth-order valence-corrected chi connectivity index (χ4v) is 0.856. The van der Waals surface area contributed by atoms with Crippen LogP contribution in [-0.2, 0) is 32.7 Å². The van der Waals surface area contributed by atoms with Gasteiger partial charge in [-0.25, -0.2) is 0 Å². The van der Waals surface area contributed by atoms with Gasteiger partial charge in [0.1, 0.15) is 0 Å². The molecule has 0 aliphatic heterocycles. The summed E-state index contributed by atoms with van der Waals surface area (Å²) in [5, 5.41) is 8.04. The molecule has 0 spiro atoms. The van der Waals surface area contributed by atoms with E-state index in [1.165, 1.54) is 6.33 Å². The van der Waals surface area contributed by atoms with Crippen molar-refractivity contribution in [3.8, 4) is 0 Å². The van der Waals surface area contributed by atoms with Crippen LogP contribution in [0.4, 0.5) is 0 Å². The van der Waals surface area contributed by atoms with Crippen molar-refractivity contribution >= 4 is 11.8 Å². The number of nitrogens with zero attached hydrogens (tertiary/aromatic N) is 3. The molecule has 44 valence electrons.